The molecule has 0 N–H and O–H groups in total. The van der Waals surface area contributed by atoms with E-state index in [4.69, 9.17) is 0 Å². The Labute approximate surface area is 109 Å². The molecular formula is C14H25F2NO. The van der Waals surface area contributed by atoms with Gasteiger partial charge in [-0.05, 0) is 39.2 Å². The van der Waals surface area contributed by atoms with Gasteiger partial charge in [0.15, 0.2) is 0 Å². The fraction of sp³-hybridized carbons (Fsp3) is 0.929. The van der Waals surface area contributed by atoms with Crippen molar-refractivity contribution in [1.82, 2.24) is 4.90 Å². The second-order valence-electron chi connectivity index (χ2n) is 7.16. The van der Waals surface area contributed by atoms with Crippen LogP contribution in [0.2, 0.25) is 0 Å². The summed E-state index contributed by atoms with van der Waals surface area (Å²) in [7, 11) is 0. The van der Waals surface area contributed by atoms with Gasteiger partial charge < -0.3 is 0 Å². The van der Waals surface area contributed by atoms with Gasteiger partial charge in [-0.25, -0.2) is 0 Å². The zero-order chi connectivity index (χ0) is 14.4. The second kappa shape index (κ2) is 4.55. The third-order valence-electron chi connectivity index (χ3n) is 4.07. The van der Waals surface area contributed by atoms with Gasteiger partial charge in [-0.2, -0.15) is 8.78 Å². The maximum absolute atomic E-state index is 13.3. The number of hydrogen-bond acceptors (Lipinski definition) is 2. The van der Waals surface area contributed by atoms with E-state index in [9.17, 15) is 13.6 Å². The Balaban J connectivity index is 2.95. The highest BCUT2D eigenvalue weighted by Crippen LogP contribution is 2.40. The smallest absolute Gasteiger partial charge is 0.298 e. The molecule has 106 valence electrons. The van der Waals surface area contributed by atoms with Crippen LogP contribution in [-0.2, 0) is 4.79 Å². The highest BCUT2D eigenvalue weighted by molar-refractivity contribution is 5.88. The minimum Gasteiger partial charge on any atom is -0.298 e. The van der Waals surface area contributed by atoms with Crippen LogP contribution >= 0.6 is 0 Å². The second-order valence-corrected chi connectivity index (χ2v) is 7.16. The van der Waals surface area contributed by atoms with Crippen molar-refractivity contribution in [3.8, 4) is 0 Å². The molecular weight excluding hydrogens is 236 g/mol. The first kappa shape index (κ1) is 15.5. The van der Waals surface area contributed by atoms with Gasteiger partial charge in [-0.15, -0.1) is 0 Å². The number of piperidine rings is 1. The number of ketones is 1. The van der Waals surface area contributed by atoms with Gasteiger partial charge >= 0.3 is 5.92 Å². The molecule has 0 aromatic rings. The lowest BCUT2D eigenvalue weighted by molar-refractivity contribution is -0.153. The third-order valence-corrected chi connectivity index (χ3v) is 4.07. The number of nitrogens with zero attached hydrogens (tertiary/aromatic N) is 1. The molecule has 0 aliphatic carbocycles. The van der Waals surface area contributed by atoms with Crippen molar-refractivity contribution in [2.45, 2.75) is 59.4 Å². The first-order valence-electron chi connectivity index (χ1n) is 6.53. The Morgan fingerprint density at radius 1 is 1.22 bits per heavy atom. The van der Waals surface area contributed by atoms with Gasteiger partial charge in [0.25, 0.3) is 0 Å². The van der Waals surface area contributed by atoms with Gasteiger partial charge in [-0.1, -0.05) is 13.8 Å². The molecule has 18 heavy (non-hydrogen) atoms. The van der Waals surface area contributed by atoms with Crippen molar-refractivity contribution in [3.63, 3.8) is 0 Å². The zero-order valence-corrected chi connectivity index (χ0v) is 12.3. The lowest BCUT2D eigenvalue weighted by Gasteiger charge is -2.48. The SMILES string of the molecule is CC(F)(F)C(=O)C1CN(C(C)(C)C)CCC1(C)C. The van der Waals surface area contributed by atoms with Crippen LogP contribution in [0.1, 0.15) is 48.0 Å². The Morgan fingerprint density at radius 2 is 1.72 bits per heavy atom. The van der Waals surface area contributed by atoms with Crippen LogP contribution < -0.4 is 0 Å². The van der Waals surface area contributed by atoms with Crippen molar-refractivity contribution < 1.29 is 13.6 Å². The predicted molar refractivity (Wildman–Crippen MR) is 68.8 cm³/mol. The molecule has 1 fully saturated rings. The van der Waals surface area contributed by atoms with E-state index in [1.807, 2.05) is 13.8 Å². The standard InChI is InChI=1S/C14H25F2NO/c1-12(2,3)17-8-7-13(4,5)10(9-17)11(18)14(6,15)16/h10H,7-9H2,1-6H3. The summed E-state index contributed by atoms with van der Waals surface area (Å²) in [5.41, 5.74) is -0.434. The van der Waals surface area contributed by atoms with Crippen molar-refractivity contribution >= 4 is 5.78 Å². The lowest BCUT2D eigenvalue weighted by Crippen LogP contribution is -2.56. The summed E-state index contributed by atoms with van der Waals surface area (Å²) in [6.45, 7) is 12.0. The van der Waals surface area contributed by atoms with Crippen molar-refractivity contribution in [1.29, 1.82) is 0 Å². The summed E-state index contributed by atoms with van der Waals surface area (Å²) >= 11 is 0. The summed E-state index contributed by atoms with van der Waals surface area (Å²) in [5.74, 6) is -4.74. The van der Waals surface area contributed by atoms with Gasteiger partial charge in [0.2, 0.25) is 5.78 Å². The van der Waals surface area contributed by atoms with Gasteiger partial charge in [0.1, 0.15) is 0 Å². The van der Waals surface area contributed by atoms with E-state index in [0.717, 1.165) is 13.0 Å². The Kier molecular flexibility index (Phi) is 3.93. The number of carbonyl (C=O) groups excluding carboxylic acids is 1. The molecule has 1 atom stereocenters. The van der Waals surface area contributed by atoms with Crippen molar-refractivity contribution in [3.05, 3.63) is 0 Å². The highest BCUT2D eigenvalue weighted by atomic mass is 19.3. The van der Waals surface area contributed by atoms with E-state index in [0.29, 0.717) is 13.5 Å². The number of Topliss-reactive ketones (excluding diaryl/α,β-unsaturated/α-hetero) is 1. The Hall–Kier alpha value is -0.510. The van der Waals surface area contributed by atoms with Gasteiger partial charge in [0, 0.05) is 24.9 Å². The maximum atomic E-state index is 13.3. The predicted octanol–water partition coefficient (Wildman–Crippen LogP) is 3.36. The fourth-order valence-electron chi connectivity index (χ4n) is 2.51. The molecule has 1 saturated heterocycles. The van der Waals surface area contributed by atoms with Crippen molar-refractivity contribution in [2.24, 2.45) is 11.3 Å². The van der Waals surface area contributed by atoms with E-state index in [2.05, 4.69) is 25.7 Å². The average molecular weight is 261 g/mol. The number of likely N-dealkylation sites (tertiary alicyclic amines) is 1. The molecule has 0 saturated carbocycles. The first-order chi connectivity index (χ1) is 7.86. The monoisotopic (exact) mass is 261 g/mol. The van der Waals surface area contributed by atoms with E-state index < -0.39 is 17.6 Å². The van der Waals surface area contributed by atoms with Crippen LogP contribution in [0.3, 0.4) is 0 Å². The van der Waals surface area contributed by atoms with Crippen LogP contribution in [0.5, 0.6) is 0 Å². The largest absolute Gasteiger partial charge is 0.302 e. The molecule has 0 bridgehead atoms. The minimum atomic E-state index is -3.23. The van der Waals surface area contributed by atoms with E-state index in [1.54, 1.807) is 0 Å². The molecule has 0 radical (unpaired) electrons. The molecule has 4 heteroatoms. The average Bonchev–Trinajstić information content (AvgIpc) is 2.12. The normalized spacial score (nSPS) is 26.1. The summed E-state index contributed by atoms with van der Waals surface area (Å²) in [6.07, 6.45) is 0.775. The molecule has 1 aliphatic heterocycles. The van der Waals surface area contributed by atoms with Crippen LogP contribution in [0.4, 0.5) is 8.78 Å². The summed E-state index contributed by atoms with van der Waals surface area (Å²) < 4.78 is 26.6. The molecule has 0 aromatic heterocycles. The van der Waals surface area contributed by atoms with E-state index >= 15 is 0 Å². The quantitative estimate of drug-likeness (QED) is 0.759. The van der Waals surface area contributed by atoms with Gasteiger partial charge in [-0.3, -0.25) is 9.69 Å². The number of hydrogen-bond donors (Lipinski definition) is 0. The number of halogens is 2. The lowest BCUT2D eigenvalue weighted by atomic mass is 9.69. The molecule has 1 heterocycles. The Bertz CT molecular complexity index is 326. The number of rotatable bonds is 2. The molecule has 1 rings (SSSR count). The maximum Gasteiger partial charge on any atom is 0.302 e. The van der Waals surface area contributed by atoms with Crippen LogP contribution in [0.25, 0.3) is 0 Å². The number of carbonyl (C=O) groups is 1. The summed E-state index contributed by atoms with van der Waals surface area (Å²) in [4.78, 5) is 14.1. The first-order valence-corrected chi connectivity index (χ1v) is 6.53. The van der Waals surface area contributed by atoms with E-state index in [-0.39, 0.29) is 11.0 Å². The molecule has 1 unspecified atom stereocenters. The molecule has 0 amide bonds. The molecule has 0 aromatic carbocycles. The zero-order valence-electron chi connectivity index (χ0n) is 12.3. The highest BCUT2D eigenvalue weighted by Gasteiger charge is 2.48. The van der Waals surface area contributed by atoms with Crippen LogP contribution in [0, 0.1) is 11.3 Å². The van der Waals surface area contributed by atoms with E-state index in [1.165, 1.54) is 0 Å². The van der Waals surface area contributed by atoms with Crippen molar-refractivity contribution in [2.75, 3.05) is 13.1 Å². The summed E-state index contributed by atoms with van der Waals surface area (Å²) in [5, 5.41) is 0. The topological polar surface area (TPSA) is 20.3 Å². The number of alkyl halides is 2. The van der Waals surface area contributed by atoms with Crippen LogP contribution in [0.15, 0.2) is 0 Å². The molecule has 1 aliphatic rings. The minimum absolute atomic E-state index is 0.0853. The molecule has 0 spiro atoms. The van der Waals surface area contributed by atoms with Gasteiger partial charge in [0.05, 0.1) is 0 Å². The third kappa shape index (κ3) is 3.28. The Morgan fingerprint density at radius 3 is 2.11 bits per heavy atom. The molecule has 2 nitrogen and oxygen atoms in total. The fourth-order valence-corrected chi connectivity index (χ4v) is 2.51. The van der Waals surface area contributed by atoms with Crippen LogP contribution in [-0.4, -0.2) is 35.2 Å². The summed E-state index contributed by atoms with van der Waals surface area (Å²) in [6, 6.07) is 0.